The molecule has 0 bridgehead atoms. The zero-order valence-electron chi connectivity index (χ0n) is 11.1. The Balaban J connectivity index is 2.09. The first-order valence-electron chi connectivity index (χ1n) is 6.26. The third-order valence-corrected chi connectivity index (χ3v) is 3.49. The zero-order valence-corrected chi connectivity index (χ0v) is 12.7. The lowest BCUT2D eigenvalue weighted by Crippen LogP contribution is -2.32. The molecule has 0 fully saturated rings. The minimum Gasteiger partial charge on any atom is -0.459 e. The lowest BCUT2D eigenvalue weighted by atomic mass is 10.1. The number of hydrogen-bond donors (Lipinski definition) is 1. The van der Waals surface area contributed by atoms with Crippen molar-refractivity contribution in [3.05, 3.63) is 34.5 Å². The summed E-state index contributed by atoms with van der Waals surface area (Å²) in [6.45, 7) is 3.31. The number of alkyl halides is 3. The summed E-state index contributed by atoms with van der Waals surface area (Å²) in [6, 6.07) is 6.50. The number of rotatable bonds is 4. The lowest BCUT2D eigenvalue weighted by Gasteiger charge is -2.19. The first kappa shape index (κ1) is 15.4. The monoisotopic (exact) mass is 349 g/mol. The van der Waals surface area contributed by atoms with Gasteiger partial charge in [0, 0.05) is 15.9 Å². The Bertz CT molecular complexity index is 594. The Morgan fingerprint density at radius 3 is 2.60 bits per heavy atom. The largest absolute Gasteiger partial charge is 0.459 e. The summed E-state index contributed by atoms with van der Waals surface area (Å²) in [5.74, 6) is 0.632. The molecule has 0 saturated heterocycles. The number of nitrogens with one attached hydrogen (secondary N) is 1. The first-order valence-corrected chi connectivity index (χ1v) is 7.06. The molecule has 110 valence electrons. The van der Waals surface area contributed by atoms with Gasteiger partial charge in [0.1, 0.15) is 11.3 Å². The van der Waals surface area contributed by atoms with E-state index >= 15 is 0 Å². The van der Waals surface area contributed by atoms with Crippen LogP contribution in [0.15, 0.2) is 33.2 Å². The molecule has 1 aromatic heterocycles. The second-order valence-corrected chi connectivity index (χ2v) is 5.86. The van der Waals surface area contributed by atoms with Gasteiger partial charge < -0.3 is 9.73 Å². The molecule has 6 heteroatoms. The van der Waals surface area contributed by atoms with Crippen LogP contribution in [0.25, 0.3) is 11.0 Å². The number of furan rings is 1. The molecule has 1 aromatic carbocycles. The summed E-state index contributed by atoms with van der Waals surface area (Å²) in [5, 5.41) is 3.83. The molecule has 1 N–H and O–H groups in total. The summed E-state index contributed by atoms with van der Waals surface area (Å²) in [7, 11) is 0. The SMILES string of the molecule is CC(CC(F)(F)F)NC(C)c1cc2cc(Br)ccc2o1. The second kappa shape index (κ2) is 5.77. The molecule has 2 atom stereocenters. The van der Waals surface area contributed by atoms with E-state index in [0.717, 1.165) is 15.4 Å². The van der Waals surface area contributed by atoms with Gasteiger partial charge in [-0.3, -0.25) is 0 Å². The molecule has 2 rings (SSSR count). The van der Waals surface area contributed by atoms with Gasteiger partial charge in [0.2, 0.25) is 0 Å². The van der Waals surface area contributed by atoms with Gasteiger partial charge in [0.25, 0.3) is 0 Å². The quantitative estimate of drug-likeness (QED) is 0.821. The summed E-state index contributed by atoms with van der Waals surface area (Å²) in [5.41, 5.74) is 0.723. The van der Waals surface area contributed by atoms with E-state index in [2.05, 4.69) is 21.2 Å². The third kappa shape index (κ3) is 3.99. The van der Waals surface area contributed by atoms with Crippen molar-refractivity contribution in [3.63, 3.8) is 0 Å². The van der Waals surface area contributed by atoms with Crippen molar-refractivity contribution in [2.45, 2.75) is 38.5 Å². The van der Waals surface area contributed by atoms with Crippen LogP contribution in [0.2, 0.25) is 0 Å². The number of benzene rings is 1. The van der Waals surface area contributed by atoms with Crippen molar-refractivity contribution in [2.24, 2.45) is 0 Å². The van der Waals surface area contributed by atoms with E-state index in [1.807, 2.05) is 24.3 Å². The highest BCUT2D eigenvalue weighted by Crippen LogP contribution is 2.28. The van der Waals surface area contributed by atoms with Crippen molar-refractivity contribution in [2.75, 3.05) is 0 Å². The van der Waals surface area contributed by atoms with E-state index in [1.54, 1.807) is 6.92 Å². The molecule has 0 saturated carbocycles. The lowest BCUT2D eigenvalue weighted by molar-refractivity contribution is -0.139. The van der Waals surface area contributed by atoms with E-state index in [9.17, 15) is 13.2 Å². The van der Waals surface area contributed by atoms with E-state index in [-0.39, 0.29) is 6.04 Å². The molecule has 20 heavy (non-hydrogen) atoms. The summed E-state index contributed by atoms with van der Waals surface area (Å²) < 4.78 is 43.5. The molecule has 2 unspecified atom stereocenters. The topological polar surface area (TPSA) is 25.2 Å². The average molecular weight is 350 g/mol. The molecule has 0 amide bonds. The fourth-order valence-corrected chi connectivity index (χ4v) is 2.54. The van der Waals surface area contributed by atoms with Crippen LogP contribution in [-0.2, 0) is 0 Å². The van der Waals surface area contributed by atoms with Crippen molar-refractivity contribution in [3.8, 4) is 0 Å². The van der Waals surface area contributed by atoms with E-state index in [4.69, 9.17) is 4.42 Å². The normalized spacial score (nSPS) is 15.5. The van der Waals surface area contributed by atoms with Crippen molar-refractivity contribution >= 4 is 26.9 Å². The Labute approximate surface area is 123 Å². The summed E-state index contributed by atoms with van der Waals surface area (Å²) >= 11 is 3.37. The van der Waals surface area contributed by atoms with Crippen molar-refractivity contribution in [1.82, 2.24) is 5.32 Å². The van der Waals surface area contributed by atoms with Gasteiger partial charge in [-0.2, -0.15) is 13.2 Å². The van der Waals surface area contributed by atoms with Gasteiger partial charge in [0.05, 0.1) is 12.5 Å². The Kier molecular flexibility index (Phi) is 4.44. The van der Waals surface area contributed by atoms with Crippen LogP contribution >= 0.6 is 15.9 Å². The Hall–Kier alpha value is -1.01. The molecule has 2 aromatic rings. The van der Waals surface area contributed by atoms with E-state index in [0.29, 0.717) is 5.76 Å². The Morgan fingerprint density at radius 1 is 1.25 bits per heavy atom. The molecular weight excluding hydrogens is 335 g/mol. The van der Waals surface area contributed by atoms with Gasteiger partial charge in [-0.15, -0.1) is 0 Å². The van der Waals surface area contributed by atoms with Gasteiger partial charge in [-0.1, -0.05) is 15.9 Å². The smallest absolute Gasteiger partial charge is 0.390 e. The maximum absolute atomic E-state index is 12.3. The average Bonchev–Trinajstić information content (AvgIpc) is 2.68. The molecule has 0 aliphatic carbocycles. The van der Waals surface area contributed by atoms with Crippen LogP contribution in [0.4, 0.5) is 13.2 Å². The number of fused-ring (bicyclic) bond motifs is 1. The molecular formula is C14H15BrF3NO. The molecule has 0 aliphatic rings. The first-order chi connectivity index (χ1) is 9.24. The highest BCUT2D eigenvalue weighted by Gasteiger charge is 2.30. The Morgan fingerprint density at radius 2 is 1.95 bits per heavy atom. The van der Waals surface area contributed by atoms with Crippen LogP contribution in [0.1, 0.15) is 32.1 Å². The van der Waals surface area contributed by atoms with Crippen molar-refractivity contribution in [1.29, 1.82) is 0 Å². The maximum atomic E-state index is 12.3. The van der Waals surface area contributed by atoms with Crippen LogP contribution in [-0.4, -0.2) is 12.2 Å². The molecule has 0 aliphatic heterocycles. The van der Waals surface area contributed by atoms with Crippen LogP contribution in [0, 0.1) is 0 Å². The van der Waals surface area contributed by atoms with Gasteiger partial charge >= 0.3 is 6.18 Å². The van der Waals surface area contributed by atoms with Gasteiger partial charge in [0.15, 0.2) is 0 Å². The minimum absolute atomic E-state index is 0.279. The minimum atomic E-state index is -4.16. The second-order valence-electron chi connectivity index (χ2n) is 4.94. The standard InChI is InChI=1S/C14H15BrF3NO/c1-8(7-14(16,17)18)19-9(2)13-6-10-5-11(15)3-4-12(10)20-13/h3-6,8-9,19H,7H2,1-2H3. The maximum Gasteiger partial charge on any atom is 0.390 e. The van der Waals surface area contributed by atoms with Crippen LogP contribution in [0.3, 0.4) is 0 Å². The predicted molar refractivity (Wildman–Crippen MR) is 75.6 cm³/mol. The molecule has 0 radical (unpaired) electrons. The zero-order chi connectivity index (χ0) is 14.9. The van der Waals surface area contributed by atoms with E-state index in [1.165, 1.54) is 6.92 Å². The van der Waals surface area contributed by atoms with Crippen molar-refractivity contribution < 1.29 is 17.6 Å². The molecule has 1 heterocycles. The van der Waals surface area contributed by atoms with Crippen LogP contribution < -0.4 is 5.32 Å². The third-order valence-electron chi connectivity index (χ3n) is 3.00. The summed E-state index contributed by atoms with van der Waals surface area (Å²) in [6.07, 6.45) is -5.02. The van der Waals surface area contributed by atoms with E-state index < -0.39 is 18.6 Å². The predicted octanol–water partition coefficient (Wildman–Crippen LogP) is 5.19. The fraction of sp³-hybridized carbons (Fsp3) is 0.429. The summed E-state index contributed by atoms with van der Waals surface area (Å²) in [4.78, 5) is 0. The highest BCUT2D eigenvalue weighted by molar-refractivity contribution is 9.10. The molecule has 0 spiro atoms. The number of halogens is 4. The fourth-order valence-electron chi connectivity index (χ4n) is 2.16. The number of hydrogen-bond acceptors (Lipinski definition) is 2. The van der Waals surface area contributed by atoms with Crippen LogP contribution in [0.5, 0.6) is 0 Å². The molecule has 2 nitrogen and oxygen atoms in total. The van der Waals surface area contributed by atoms with Gasteiger partial charge in [-0.25, -0.2) is 0 Å². The van der Waals surface area contributed by atoms with Gasteiger partial charge in [-0.05, 0) is 38.1 Å². The highest BCUT2D eigenvalue weighted by atomic mass is 79.9.